The molecule has 0 heterocycles. The van der Waals surface area contributed by atoms with Gasteiger partial charge in [-0.2, -0.15) is 4.39 Å². The van der Waals surface area contributed by atoms with Crippen LogP contribution in [0.1, 0.15) is 103 Å². The molecule has 0 spiro atoms. The Morgan fingerprint density at radius 3 is 2.21 bits per heavy atom. The third-order valence-corrected chi connectivity index (χ3v) is 9.43. The van der Waals surface area contributed by atoms with E-state index in [1.54, 1.807) is 12.1 Å². The number of aryl methyl sites for hydroxylation is 1. The zero-order valence-corrected chi connectivity index (χ0v) is 21.5. The van der Waals surface area contributed by atoms with Crippen LogP contribution in [0.3, 0.4) is 0 Å². The Hall–Kier alpha value is -1.38. The second kappa shape index (κ2) is 12.5. The van der Waals surface area contributed by atoms with Crippen molar-refractivity contribution in [2.45, 2.75) is 104 Å². The lowest BCUT2D eigenvalue weighted by Crippen LogP contribution is -2.35. The predicted octanol–water partition coefficient (Wildman–Crippen LogP) is 9.29. The van der Waals surface area contributed by atoms with E-state index in [9.17, 15) is 8.78 Å². The van der Waals surface area contributed by atoms with Crippen LogP contribution >= 0.6 is 0 Å². The van der Waals surface area contributed by atoms with Crippen LogP contribution in [0.5, 0.6) is 5.75 Å². The quantitative estimate of drug-likeness (QED) is 0.325. The van der Waals surface area contributed by atoms with Crippen LogP contribution in [0, 0.1) is 47.1 Å². The fourth-order valence-corrected chi connectivity index (χ4v) is 7.44. The smallest absolute Gasteiger partial charge is 0.200 e. The van der Waals surface area contributed by atoms with Crippen molar-refractivity contribution < 1.29 is 13.5 Å². The summed E-state index contributed by atoms with van der Waals surface area (Å²) in [6.45, 7) is 4.78. The molecular formula is C31H46F2O. The molecule has 3 aliphatic rings. The molecule has 34 heavy (non-hydrogen) atoms. The molecule has 3 fully saturated rings. The summed E-state index contributed by atoms with van der Waals surface area (Å²) in [7, 11) is 0. The van der Waals surface area contributed by atoms with E-state index in [4.69, 9.17) is 4.74 Å². The van der Waals surface area contributed by atoms with E-state index in [2.05, 4.69) is 6.92 Å². The molecule has 0 N–H and O–H groups in total. The van der Waals surface area contributed by atoms with Gasteiger partial charge in [0.25, 0.3) is 0 Å². The molecule has 1 aromatic carbocycles. The lowest BCUT2D eigenvalue weighted by Gasteiger charge is -2.45. The van der Waals surface area contributed by atoms with E-state index >= 15 is 0 Å². The van der Waals surface area contributed by atoms with Crippen LogP contribution in [0.4, 0.5) is 8.78 Å². The minimum Gasteiger partial charge on any atom is -0.490 e. The van der Waals surface area contributed by atoms with Crippen molar-refractivity contribution in [3.05, 3.63) is 41.5 Å². The molecular weight excluding hydrogens is 426 g/mol. The maximum Gasteiger partial charge on any atom is 0.200 e. The standard InChI is InChI=1S/C31H46F2O/c1-3-5-6-8-25-17-18-29(31(33)30(25)32)34-21-23-10-12-24(13-11-23)27-16-15-26-19-22(7-4-2)9-14-28(26)20-27/h3,5,17-18,22-24,26-28H,4,6-16,19-21H2,1-2H3. The Bertz CT molecular complexity index is 795. The van der Waals surface area contributed by atoms with Gasteiger partial charge in [0.05, 0.1) is 6.61 Å². The van der Waals surface area contributed by atoms with Crippen molar-refractivity contribution in [2.24, 2.45) is 35.5 Å². The van der Waals surface area contributed by atoms with Crippen LogP contribution in [0.15, 0.2) is 24.3 Å². The van der Waals surface area contributed by atoms with E-state index in [1.165, 1.54) is 77.0 Å². The number of hydrogen-bond donors (Lipinski definition) is 0. The number of allylic oxidation sites excluding steroid dienone is 2. The minimum atomic E-state index is -0.822. The maximum absolute atomic E-state index is 14.5. The second-order valence-electron chi connectivity index (χ2n) is 11.6. The number of fused-ring (bicyclic) bond motifs is 1. The first-order valence-electron chi connectivity index (χ1n) is 14.3. The van der Waals surface area contributed by atoms with E-state index in [-0.39, 0.29) is 5.75 Å². The molecule has 4 atom stereocenters. The highest BCUT2D eigenvalue weighted by molar-refractivity contribution is 5.31. The summed E-state index contributed by atoms with van der Waals surface area (Å²) < 4.78 is 34.7. The van der Waals surface area contributed by atoms with Gasteiger partial charge in [-0.05, 0) is 125 Å². The molecule has 4 rings (SSSR count). The van der Waals surface area contributed by atoms with Gasteiger partial charge in [-0.3, -0.25) is 0 Å². The molecule has 0 saturated heterocycles. The third-order valence-electron chi connectivity index (χ3n) is 9.43. The van der Waals surface area contributed by atoms with Gasteiger partial charge in [0.1, 0.15) is 0 Å². The Kier molecular flexibility index (Phi) is 9.48. The highest BCUT2D eigenvalue weighted by Crippen LogP contribution is 2.49. The number of benzene rings is 1. The number of ether oxygens (including phenoxy) is 1. The Morgan fingerprint density at radius 2 is 1.47 bits per heavy atom. The van der Waals surface area contributed by atoms with Crippen LogP contribution in [-0.4, -0.2) is 6.61 Å². The topological polar surface area (TPSA) is 9.23 Å². The van der Waals surface area contributed by atoms with Gasteiger partial charge in [-0.25, -0.2) is 4.39 Å². The molecule has 3 aliphatic carbocycles. The molecule has 1 nitrogen and oxygen atoms in total. The maximum atomic E-state index is 14.5. The van der Waals surface area contributed by atoms with Crippen LogP contribution in [0.2, 0.25) is 0 Å². The highest BCUT2D eigenvalue weighted by Gasteiger charge is 2.38. The molecule has 190 valence electrons. The largest absolute Gasteiger partial charge is 0.490 e. The van der Waals surface area contributed by atoms with Gasteiger partial charge in [0.15, 0.2) is 11.6 Å². The normalized spacial score (nSPS) is 32.0. The number of hydrogen-bond acceptors (Lipinski definition) is 1. The second-order valence-corrected chi connectivity index (χ2v) is 11.6. The lowest BCUT2D eigenvalue weighted by molar-refractivity contribution is 0.0544. The van der Waals surface area contributed by atoms with Gasteiger partial charge in [-0.1, -0.05) is 44.4 Å². The summed E-state index contributed by atoms with van der Waals surface area (Å²) in [4.78, 5) is 0. The van der Waals surface area contributed by atoms with Gasteiger partial charge >= 0.3 is 0 Å². The Balaban J connectivity index is 1.20. The summed E-state index contributed by atoms with van der Waals surface area (Å²) in [5, 5.41) is 0. The number of halogens is 2. The summed E-state index contributed by atoms with van der Waals surface area (Å²) in [5.74, 6) is 3.78. The molecule has 0 bridgehead atoms. The lowest BCUT2D eigenvalue weighted by atomic mass is 9.60. The summed E-state index contributed by atoms with van der Waals surface area (Å²) in [6.07, 6.45) is 21.7. The van der Waals surface area contributed by atoms with Crippen molar-refractivity contribution in [2.75, 3.05) is 6.61 Å². The van der Waals surface area contributed by atoms with Gasteiger partial charge in [0.2, 0.25) is 5.82 Å². The van der Waals surface area contributed by atoms with Crippen LogP contribution in [-0.2, 0) is 6.42 Å². The zero-order valence-electron chi connectivity index (χ0n) is 21.5. The Labute approximate surface area is 206 Å². The van der Waals surface area contributed by atoms with E-state index < -0.39 is 11.6 Å². The minimum absolute atomic E-state index is 0.0754. The first-order chi connectivity index (χ1) is 16.6. The monoisotopic (exact) mass is 472 g/mol. The first kappa shape index (κ1) is 25.7. The Morgan fingerprint density at radius 1 is 0.824 bits per heavy atom. The third kappa shape index (κ3) is 6.43. The van der Waals surface area contributed by atoms with Crippen molar-refractivity contribution in [1.82, 2.24) is 0 Å². The van der Waals surface area contributed by atoms with E-state index in [1.807, 2.05) is 19.1 Å². The van der Waals surface area contributed by atoms with E-state index in [0.717, 1.165) is 36.0 Å². The van der Waals surface area contributed by atoms with E-state index in [0.29, 0.717) is 24.5 Å². The van der Waals surface area contributed by atoms with Gasteiger partial charge < -0.3 is 4.74 Å². The molecule has 0 aromatic heterocycles. The van der Waals surface area contributed by atoms with Crippen molar-refractivity contribution in [1.29, 1.82) is 0 Å². The summed E-state index contributed by atoms with van der Waals surface area (Å²) >= 11 is 0. The fourth-order valence-electron chi connectivity index (χ4n) is 7.44. The molecule has 4 unspecified atom stereocenters. The zero-order chi connectivity index (χ0) is 23.9. The SMILES string of the molecule is CC=CCCc1ccc(OCC2CCC(C3CCC4CC(CCC)CCC4C3)CC2)c(F)c1F. The van der Waals surface area contributed by atoms with Gasteiger partial charge in [0, 0.05) is 0 Å². The summed E-state index contributed by atoms with van der Waals surface area (Å²) in [5.41, 5.74) is 0.428. The molecule has 0 amide bonds. The first-order valence-corrected chi connectivity index (χ1v) is 14.3. The molecule has 0 radical (unpaired) electrons. The van der Waals surface area contributed by atoms with Crippen LogP contribution in [0.25, 0.3) is 0 Å². The fraction of sp³-hybridized carbons (Fsp3) is 0.742. The average Bonchev–Trinajstić information content (AvgIpc) is 2.86. The predicted molar refractivity (Wildman–Crippen MR) is 137 cm³/mol. The van der Waals surface area contributed by atoms with Crippen molar-refractivity contribution in [3.8, 4) is 5.75 Å². The summed E-state index contributed by atoms with van der Waals surface area (Å²) in [6, 6.07) is 3.29. The van der Waals surface area contributed by atoms with Crippen molar-refractivity contribution >= 4 is 0 Å². The average molecular weight is 473 g/mol. The molecule has 3 saturated carbocycles. The van der Waals surface area contributed by atoms with Gasteiger partial charge in [-0.15, -0.1) is 0 Å². The van der Waals surface area contributed by atoms with Crippen LogP contribution < -0.4 is 4.74 Å². The molecule has 0 aliphatic heterocycles. The number of rotatable bonds is 9. The highest BCUT2D eigenvalue weighted by atomic mass is 19.2. The molecule has 1 aromatic rings. The molecule has 3 heteroatoms. The van der Waals surface area contributed by atoms with Crippen molar-refractivity contribution in [3.63, 3.8) is 0 Å².